The summed E-state index contributed by atoms with van der Waals surface area (Å²) < 4.78 is 18.8. The van der Waals surface area contributed by atoms with Crippen molar-refractivity contribution >= 4 is 5.91 Å². The molecule has 2 heterocycles. The Hall–Kier alpha value is -0.720. The van der Waals surface area contributed by atoms with Crippen LogP contribution in [-0.2, 0) is 9.53 Å². The van der Waals surface area contributed by atoms with Gasteiger partial charge in [0.15, 0.2) is 0 Å². The predicted molar refractivity (Wildman–Crippen MR) is 65.9 cm³/mol. The Morgan fingerprint density at radius 1 is 1.50 bits per heavy atom. The molecule has 0 saturated carbocycles. The molecule has 6 heteroatoms. The van der Waals surface area contributed by atoms with Gasteiger partial charge in [0.25, 0.3) is 0 Å². The van der Waals surface area contributed by atoms with Crippen LogP contribution in [0.1, 0.15) is 13.3 Å². The summed E-state index contributed by atoms with van der Waals surface area (Å²) in [4.78, 5) is 16.0. The highest BCUT2D eigenvalue weighted by Gasteiger charge is 2.38. The largest absolute Gasteiger partial charge is 0.378 e. The fraction of sp³-hybridized carbons (Fsp3) is 0.917. The van der Waals surface area contributed by atoms with E-state index in [0.29, 0.717) is 19.5 Å². The Kier molecular flexibility index (Phi) is 4.19. The first kappa shape index (κ1) is 13.7. The molecule has 2 rings (SSSR count). The number of ether oxygens (including phenoxy) is 1. The quantitative estimate of drug-likeness (QED) is 0.747. The van der Waals surface area contributed by atoms with Crippen LogP contribution in [0.25, 0.3) is 0 Å². The lowest BCUT2D eigenvalue weighted by Crippen LogP contribution is -2.53. The topological polar surface area (TPSA) is 44.8 Å². The van der Waals surface area contributed by atoms with Crippen molar-refractivity contribution in [2.45, 2.75) is 37.8 Å². The van der Waals surface area contributed by atoms with E-state index in [-0.39, 0.29) is 30.8 Å². The molecule has 0 aliphatic carbocycles. The second-order valence-corrected chi connectivity index (χ2v) is 5.13. The summed E-state index contributed by atoms with van der Waals surface area (Å²) in [7, 11) is 3.44. The predicted octanol–water partition coefficient (Wildman–Crippen LogP) is -0.179. The molecule has 2 aliphatic rings. The smallest absolute Gasteiger partial charge is 0.241 e. The van der Waals surface area contributed by atoms with E-state index in [1.807, 2.05) is 18.9 Å². The number of carbonyl (C=O) groups excluding carboxylic acids is 1. The number of carbonyl (C=O) groups is 1. The highest BCUT2D eigenvalue weighted by Crippen LogP contribution is 2.19. The minimum atomic E-state index is -1.08. The fourth-order valence-electron chi connectivity index (χ4n) is 2.66. The van der Waals surface area contributed by atoms with Crippen LogP contribution in [0.4, 0.5) is 4.39 Å². The van der Waals surface area contributed by atoms with Gasteiger partial charge in [0.1, 0.15) is 12.2 Å². The number of halogens is 1. The number of amides is 1. The average molecular weight is 259 g/mol. The molecule has 1 amide bonds. The van der Waals surface area contributed by atoms with Crippen LogP contribution in [0.3, 0.4) is 0 Å². The normalized spacial score (nSPS) is 38.1. The molecule has 2 aliphatic heterocycles. The third-order valence-electron chi connectivity index (χ3n) is 4.09. The van der Waals surface area contributed by atoms with E-state index in [1.165, 1.54) is 7.11 Å². The first-order chi connectivity index (χ1) is 8.54. The first-order valence-electron chi connectivity index (χ1n) is 6.45. The van der Waals surface area contributed by atoms with Crippen molar-refractivity contribution in [3.8, 4) is 0 Å². The molecule has 0 bridgehead atoms. The van der Waals surface area contributed by atoms with Crippen molar-refractivity contribution in [1.82, 2.24) is 15.1 Å². The highest BCUT2D eigenvalue weighted by molar-refractivity contribution is 5.82. The summed E-state index contributed by atoms with van der Waals surface area (Å²) in [6.07, 6.45) is -0.683. The van der Waals surface area contributed by atoms with Crippen molar-refractivity contribution in [2.75, 3.05) is 33.8 Å². The van der Waals surface area contributed by atoms with E-state index < -0.39 is 6.17 Å². The Bertz CT molecular complexity index is 316. The minimum absolute atomic E-state index is 0.0200. The molecule has 2 unspecified atom stereocenters. The van der Waals surface area contributed by atoms with Crippen LogP contribution in [0.15, 0.2) is 0 Å². The molecule has 0 aromatic heterocycles. The number of hydrogen-bond donors (Lipinski definition) is 1. The third-order valence-corrected chi connectivity index (χ3v) is 4.09. The number of piperidine rings is 1. The van der Waals surface area contributed by atoms with E-state index in [4.69, 9.17) is 4.74 Å². The van der Waals surface area contributed by atoms with E-state index in [0.717, 1.165) is 0 Å². The minimum Gasteiger partial charge on any atom is -0.378 e. The van der Waals surface area contributed by atoms with Crippen LogP contribution in [0.2, 0.25) is 0 Å². The van der Waals surface area contributed by atoms with E-state index in [9.17, 15) is 9.18 Å². The van der Waals surface area contributed by atoms with E-state index >= 15 is 0 Å². The number of nitrogens with zero attached hydrogens (tertiary/aromatic N) is 2. The molecule has 18 heavy (non-hydrogen) atoms. The van der Waals surface area contributed by atoms with Gasteiger partial charge in [0.2, 0.25) is 5.91 Å². The van der Waals surface area contributed by atoms with Crippen molar-refractivity contribution in [1.29, 1.82) is 0 Å². The zero-order valence-electron chi connectivity index (χ0n) is 11.2. The van der Waals surface area contributed by atoms with Crippen LogP contribution in [0, 0.1) is 0 Å². The van der Waals surface area contributed by atoms with Crippen LogP contribution < -0.4 is 5.32 Å². The zero-order chi connectivity index (χ0) is 13.3. The maximum absolute atomic E-state index is 13.8. The molecule has 104 valence electrons. The Labute approximate surface area is 107 Å². The molecule has 4 atom stereocenters. The van der Waals surface area contributed by atoms with Crippen molar-refractivity contribution < 1.29 is 13.9 Å². The number of hydrogen-bond acceptors (Lipinski definition) is 4. The van der Waals surface area contributed by atoms with Crippen molar-refractivity contribution in [2.24, 2.45) is 0 Å². The molecule has 1 N–H and O–H groups in total. The first-order valence-corrected chi connectivity index (χ1v) is 6.45. The van der Waals surface area contributed by atoms with E-state index in [1.54, 1.807) is 4.90 Å². The van der Waals surface area contributed by atoms with Gasteiger partial charge < -0.3 is 9.64 Å². The number of likely N-dealkylation sites (N-methyl/N-ethyl adjacent to an activating group) is 1. The monoisotopic (exact) mass is 259 g/mol. The fourth-order valence-corrected chi connectivity index (χ4v) is 2.66. The highest BCUT2D eigenvalue weighted by atomic mass is 19.1. The second-order valence-electron chi connectivity index (χ2n) is 5.13. The molecule has 2 fully saturated rings. The lowest BCUT2D eigenvalue weighted by atomic mass is 10.0. The van der Waals surface area contributed by atoms with Gasteiger partial charge in [-0.1, -0.05) is 0 Å². The summed E-state index contributed by atoms with van der Waals surface area (Å²) in [6, 6.07) is -0.175. The molecule has 2 saturated heterocycles. The van der Waals surface area contributed by atoms with Gasteiger partial charge in [-0.3, -0.25) is 15.0 Å². The number of likely N-dealkylation sites (tertiary alicyclic amines) is 1. The molecular formula is C12H22FN3O2. The summed E-state index contributed by atoms with van der Waals surface area (Å²) in [5.74, 6) is 0.0200. The molecular weight excluding hydrogens is 237 g/mol. The Balaban J connectivity index is 1.94. The van der Waals surface area contributed by atoms with Crippen LogP contribution in [-0.4, -0.2) is 74.0 Å². The summed E-state index contributed by atoms with van der Waals surface area (Å²) in [5.41, 5.74) is 0. The Morgan fingerprint density at radius 3 is 2.72 bits per heavy atom. The molecule has 0 spiro atoms. The van der Waals surface area contributed by atoms with Gasteiger partial charge in [-0.2, -0.15) is 0 Å². The van der Waals surface area contributed by atoms with Gasteiger partial charge in [0, 0.05) is 20.2 Å². The zero-order valence-corrected chi connectivity index (χ0v) is 11.2. The maximum Gasteiger partial charge on any atom is 0.241 e. The second kappa shape index (κ2) is 5.50. The number of rotatable bonds is 2. The summed E-state index contributed by atoms with van der Waals surface area (Å²) in [6.45, 7) is 3.38. The summed E-state index contributed by atoms with van der Waals surface area (Å²) in [5, 5.41) is 3.23. The van der Waals surface area contributed by atoms with Gasteiger partial charge in [-0.25, -0.2) is 4.39 Å². The lowest BCUT2D eigenvalue weighted by Gasteiger charge is -2.36. The Morgan fingerprint density at radius 2 is 2.22 bits per heavy atom. The molecule has 0 aromatic rings. The number of methoxy groups -OCH3 is 1. The summed E-state index contributed by atoms with van der Waals surface area (Å²) >= 11 is 0. The average Bonchev–Trinajstić information content (AvgIpc) is 2.69. The molecule has 5 nitrogen and oxygen atoms in total. The van der Waals surface area contributed by atoms with Crippen molar-refractivity contribution in [3.63, 3.8) is 0 Å². The SMILES string of the molecule is CO[C@H]1CCN(C(=O)C2CNC(C)N2C)C[C@H]1F. The van der Waals surface area contributed by atoms with Crippen LogP contribution >= 0.6 is 0 Å². The standard InChI is InChI=1S/C12H22FN3O2/c1-8-14-6-10(15(8)2)12(17)16-5-4-11(18-3)9(13)7-16/h8-11,14H,4-7H2,1-3H3/t8?,9-,10?,11+/m1/s1. The van der Waals surface area contributed by atoms with E-state index in [2.05, 4.69) is 5.32 Å². The number of alkyl halides is 1. The third kappa shape index (κ3) is 2.50. The van der Waals surface area contributed by atoms with Gasteiger partial charge in [-0.15, -0.1) is 0 Å². The molecule has 0 radical (unpaired) electrons. The van der Waals surface area contributed by atoms with Gasteiger partial charge >= 0.3 is 0 Å². The van der Waals surface area contributed by atoms with Gasteiger partial charge in [0.05, 0.1) is 18.8 Å². The van der Waals surface area contributed by atoms with Crippen LogP contribution in [0.5, 0.6) is 0 Å². The lowest BCUT2D eigenvalue weighted by molar-refractivity contribution is -0.140. The maximum atomic E-state index is 13.8. The molecule has 0 aromatic carbocycles. The van der Waals surface area contributed by atoms with Crippen molar-refractivity contribution in [3.05, 3.63) is 0 Å². The van der Waals surface area contributed by atoms with Gasteiger partial charge in [-0.05, 0) is 20.4 Å². The number of nitrogens with one attached hydrogen (secondary N) is 1.